The summed E-state index contributed by atoms with van der Waals surface area (Å²) in [6.45, 7) is 9.91. The number of unbranched alkanes of at least 4 members (excludes halogenated alkanes) is 1. The Hall–Kier alpha value is -0.830. The average molecular weight is 237 g/mol. The van der Waals surface area contributed by atoms with Gasteiger partial charge in [-0.3, -0.25) is 4.68 Å². The SMILES string of the molecule is CCCCC(NCCC)c1ccnn1C(C)C. The number of nitrogens with one attached hydrogen (secondary N) is 1. The summed E-state index contributed by atoms with van der Waals surface area (Å²) in [5, 5.41) is 8.07. The first-order valence-electron chi connectivity index (χ1n) is 6.97. The first-order valence-corrected chi connectivity index (χ1v) is 6.97. The normalized spacial score (nSPS) is 13.2. The van der Waals surface area contributed by atoms with Gasteiger partial charge >= 0.3 is 0 Å². The third-order valence-electron chi connectivity index (χ3n) is 3.03. The third kappa shape index (κ3) is 4.15. The Morgan fingerprint density at radius 1 is 1.29 bits per heavy atom. The lowest BCUT2D eigenvalue weighted by atomic mass is 10.1. The number of hydrogen-bond acceptors (Lipinski definition) is 2. The Balaban J connectivity index is 2.75. The van der Waals surface area contributed by atoms with Crippen LogP contribution in [-0.4, -0.2) is 16.3 Å². The maximum Gasteiger partial charge on any atom is 0.0556 e. The quantitative estimate of drug-likeness (QED) is 0.747. The minimum absolute atomic E-state index is 0.438. The predicted octanol–water partition coefficient (Wildman–Crippen LogP) is 3.69. The predicted molar refractivity (Wildman–Crippen MR) is 73.2 cm³/mol. The number of hydrogen-bond donors (Lipinski definition) is 1. The second-order valence-electron chi connectivity index (χ2n) is 4.94. The van der Waals surface area contributed by atoms with Gasteiger partial charge in [-0.2, -0.15) is 5.10 Å². The van der Waals surface area contributed by atoms with E-state index in [-0.39, 0.29) is 0 Å². The highest BCUT2D eigenvalue weighted by Gasteiger charge is 2.16. The van der Waals surface area contributed by atoms with Gasteiger partial charge in [0.15, 0.2) is 0 Å². The molecule has 0 saturated carbocycles. The highest BCUT2D eigenvalue weighted by molar-refractivity contribution is 5.08. The summed E-state index contributed by atoms with van der Waals surface area (Å²) < 4.78 is 2.14. The third-order valence-corrected chi connectivity index (χ3v) is 3.03. The molecule has 1 aromatic heterocycles. The van der Waals surface area contributed by atoms with Crippen LogP contribution in [0.1, 0.15) is 71.2 Å². The maximum atomic E-state index is 4.43. The molecule has 0 saturated heterocycles. The number of rotatable bonds is 8. The molecule has 1 atom stereocenters. The molecule has 0 bridgehead atoms. The van der Waals surface area contributed by atoms with Crippen LogP contribution in [0.15, 0.2) is 12.3 Å². The molecule has 1 heterocycles. The topological polar surface area (TPSA) is 29.9 Å². The number of nitrogens with zero attached hydrogens (tertiary/aromatic N) is 2. The van der Waals surface area contributed by atoms with Crippen molar-refractivity contribution in [2.45, 2.75) is 65.5 Å². The zero-order valence-corrected chi connectivity index (χ0v) is 11.7. The first-order chi connectivity index (χ1) is 8.20. The fourth-order valence-electron chi connectivity index (χ4n) is 2.11. The Labute approximate surface area is 106 Å². The van der Waals surface area contributed by atoms with E-state index in [0.29, 0.717) is 12.1 Å². The van der Waals surface area contributed by atoms with Crippen LogP contribution >= 0.6 is 0 Å². The lowest BCUT2D eigenvalue weighted by Gasteiger charge is -2.21. The molecule has 0 aliphatic heterocycles. The van der Waals surface area contributed by atoms with E-state index in [1.54, 1.807) is 0 Å². The van der Waals surface area contributed by atoms with E-state index in [4.69, 9.17) is 0 Å². The minimum atomic E-state index is 0.438. The van der Waals surface area contributed by atoms with E-state index in [2.05, 4.69) is 48.9 Å². The van der Waals surface area contributed by atoms with Crippen LogP contribution in [0.2, 0.25) is 0 Å². The summed E-state index contributed by atoms with van der Waals surface area (Å²) in [7, 11) is 0. The summed E-state index contributed by atoms with van der Waals surface area (Å²) >= 11 is 0. The second-order valence-corrected chi connectivity index (χ2v) is 4.94. The Kier molecular flexibility index (Phi) is 6.27. The Morgan fingerprint density at radius 3 is 2.65 bits per heavy atom. The molecule has 98 valence electrons. The van der Waals surface area contributed by atoms with Crippen molar-refractivity contribution < 1.29 is 0 Å². The van der Waals surface area contributed by atoms with Crippen LogP contribution in [0.5, 0.6) is 0 Å². The van der Waals surface area contributed by atoms with Crippen molar-refractivity contribution in [3.8, 4) is 0 Å². The van der Waals surface area contributed by atoms with Gasteiger partial charge in [0.1, 0.15) is 0 Å². The highest BCUT2D eigenvalue weighted by atomic mass is 15.3. The fraction of sp³-hybridized carbons (Fsp3) is 0.786. The van der Waals surface area contributed by atoms with Crippen LogP contribution in [0.3, 0.4) is 0 Å². The first kappa shape index (κ1) is 14.2. The van der Waals surface area contributed by atoms with Crippen molar-refractivity contribution in [3.63, 3.8) is 0 Å². The number of aromatic nitrogens is 2. The average Bonchev–Trinajstić information content (AvgIpc) is 2.78. The van der Waals surface area contributed by atoms with E-state index in [0.717, 1.165) is 6.54 Å². The molecule has 1 unspecified atom stereocenters. The van der Waals surface area contributed by atoms with Crippen molar-refractivity contribution in [3.05, 3.63) is 18.0 Å². The van der Waals surface area contributed by atoms with Crippen molar-refractivity contribution in [1.82, 2.24) is 15.1 Å². The molecular formula is C14H27N3. The molecule has 1 rings (SSSR count). The van der Waals surface area contributed by atoms with E-state index < -0.39 is 0 Å². The molecule has 3 nitrogen and oxygen atoms in total. The lowest BCUT2D eigenvalue weighted by Crippen LogP contribution is -2.25. The van der Waals surface area contributed by atoms with E-state index in [1.165, 1.54) is 31.4 Å². The van der Waals surface area contributed by atoms with Crippen LogP contribution in [0.4, 0.5) is 0 Å². The molecule has 1 N–H and O–H groups in total. The molecule has 3 heteroatoms. The van der Waals surface area contributed by atoms with Crippen LogP contribution in [0.25, 0.3) is 0 Å². The van der Waals surface area contributed by atoms with E-state index >= 15 is 0 Å². The van der Waals surface area contributed by atoms with Crippen molar-refractivity contribution >= 4 is 0 Å². The molecule has 0 aromatic carbocycles. The van der Waals surface area contributed by atoms with Crippen molar-refractivity contribution in [2.75, 3.05) is 6.54 Å². The largest absolute Gasteiger partial charge is 0.309 e. The molecule has 17 heavy (non-hydrogen) atoms. The fourth-order valence-corrected chi connectivity index (χ4v) is 2.11. The second kappa shape index (κ2) is 7.49. The van der Waals surface area contributed by atoms with Gasteiger partial charge in [-0.25, -0.2) is 0 Å². The van der Waals surface area contributed by atoms with Crippen LogP contribution in [-0.2, 0) is 0 Å². The zero-order chi connectivity index (χ0) is 12.7. The van der Waals surface area contributed by atoms with Gasteiger partial charge in [-0.1, -0.05) is 26.7 Å². The summed E-state index contributed by atoms with van der Waals surface area (Å²) in [6, 6.07) is 3.05. The Morgan fingerprint density at radius 2 is 2.06 bits per heavy atom. The molecule has 0 amide bonds. The van der Waals surface area contributed by atoms with Gasteiger partial charge in [0, 0.05) is 18.3 Å². The summed E-state index contributed by atoms with van der Waals surface area (Å²) in [4.78, 5) is 0. The lowest BCUT2D eigenvalue weighted by molar-refractivity contribution is 0.419. The van der Waals surface area contributed by atoms with Gasteiger partial charge in [0.2, 0.25) is 0 Å². The van der Waals surface area contributed by atoms with Gasteiger partial charge in [-0.05, 0) is 39.3 Å². The summed E-state index contributed by atoms with van der Waals surface area (Å²) in [6.07, 6.45) is 6.82. The molecule has 0 spiro atoms. The smallest absolute Gasteiger partial charge is 0.0556 e. The zero-order valence-electron chi connectivity index (χ0n) is 11.7. The van der Waals surface area contributed by atoms with Crippen LogP contribution < -0.4 is 5.32 Å². The van der Waals surface area contributed by atoms with Gasteiger partial charge in [0.25, 0.3) is 0 Å². The van der Waals surface area contributed by atoms with Crippen molar-refractivity contribution in [2.24, 2.45) is 0 Å². The molecular weight excluding hydrogens is 210 g/mol. The minimum Gasteiger partial charge on any atom is -0.309 e. The van der Waals surface area contributed by atoms with Crippen molar-refractivity contribution in [1.29, 1.82) is 0 Å². The molecule has 0 fully saturated rings. The summed E-state index contributed by atoms with van der Waals surface area (Å²) in [5.74, 6) is 0. The Bertz CT molecular complexity index is 296. The molecule has 1 aromatic rings. The van der Waals surface area contributed by atoms with Crippen LogP contribution in [0, 0.1) is 0 Å². The molecule has 0 aliphatic carbocycles. The standard InChI is InChI=1S/C14H27N3/c1-5-7-8-13(15-10-6-2)14-9-11-16-17(14)12(3)4/h9,11-13,15H,5-8,10H2,1-4H3. The van der Waals surface area contributed by atoms with E-state index in [1.807, 2.05) is 6.20 Å². The van der Waals surface area contributed by atoms with E-state index in [9.17, 15) is 0 Å². The van der Waals surface area contributed by atoms with Gasteiger partial charge < -0.3 is 5.32 Å². The highest BCUT2D eigenvalue weighted by Crippen LogP contribution is 2.21. The molecule has 0 radical (unpaired) electrons. The summed E-state index contributed by atoms with van der Waals surface area (Å²) in [5.41, 5.74) is 1.34. The van der Waals surface area contributed by atoms with Gasteiger partial charge in [-0.15, -0.1) is 0 Å². The maximum absolute atomic E-state index is 4.43. The van der Waals surface area contributed by atoms with Gasteiger partial charge in [0.05, 0.1) is 5.69 Å². The monoisotopic (exact) mass is 237 g/mol. The molecule has 0 aliphatic rings.